The summed E-state index contributed by atoms with van der Waals surface area (Å²) in [5.74, 6) is 0.637. The molecule has 1 amide bonds. The smallest absolute Gasteiger partial charge is 0.290 e. The van der Waals surface area contributed by atoms with Crippen LogP contribution in [0.15, 0.2) is 0 Å². The highest BCUT2D eigenvalue weighted by molar-refractivity contribution is 5.79. The Morgan fingerprint density at radius 2 is 1.71 bits per heavy atom. The Morgan fingerprint density at radius 3 is 2.21 bits per heavy atom. The first kappa shape index (κ1) is 19.2. The molecule has 0 spiro atoms. The lowest BCUT2D eigenvalue weighted by Crippen LogP contribution is -2.48. The van der Waals surface area contributed by atoms with E-state index in [2.05, 4.69) is 18.7 Å². The summed E-state index contributed by atoms with van der Waals surface area (Å²) in [6.07, 6.45) is 6.12. The van der Waals surface area contributed by atoms with Gasteiger partial charge in [0.15, 0.2) is 0 Å². The van der Waals surface area contributed by atoms with Gasteiger partial charge in [-0.3, -0.25) is 9.59 Å². The summed E-state index contributed by atoms with van der Waals surface area (Å²) in [5.41, 5.74) is 0.519. The standard InChI is InChI=1S/C17H30N2O2.CH2O2/c1-17(2)6-3-15(13-17)18-7-4-14(5-8-18)16(20)19-9-11-21-12-10-19;2-1-3/h14-15H,3-13H2,1-2H3;1H,(H,2,3). The molecular formula is C18H32N2O4. The van der Waals surface area contributed by atoms with Gasteiger partial charge in [0, 0.05) is 25.0 Å². The van der Waals surface area contributed by atoms with E-state index in [0.29, 0.717) is 24.5 Å². The van der Waals surface area contributed by atoms with Crippen molar-refractivity contribution in [2.45, 2.75) is 52.0 Å². The molecule has 0 aromatic carbocycles. The van der Waals surface area contributed by atoms with Crippen molar-refractivity contribution in [3.63, 3.8) is 0 Å². The summed E-state index contributed by atoms with van der Waals surface area (Å²) >= 11 is 0. The van der Waals surface area contributed by atoms with Gasteiger partial charge in [0.25, 0.3) is 6.47 Å². The molecule has 2 saturated heterocycles. The van der Waals surface area contributed by atoms with E-state index in [1.807, 2.05) is 4.90 Å². The highest BCUT2D eigenvalue weighted by Crippen LogP contribution is 2.40. The number of hydrogen-bond acceptors (Lipinski definition) is 4. The average molecular weight is 340 g/mol. The molecule has 1 atom stereocenters. The van der Waals surface area contributed by atoms with Gasteiger partial charge >= 0.3 is 0 Å². The summed E-state index contributed by atoms with van der Waals surface area (Å²) in [4.78, 5) is 25.6. The summed E-state index contributed by atoms with van der Waals surface area (Å²) in [5, 5.41) is 6.89. The van der Waals surface area contributed by atoms with Gasteiger partial charge in [0.1, 0.15) is 0 Å². The number of morpholine rings is 1. The number of carbonyl (C=O) groups is 2. The maximum atomic E-state index is 12.5. The molecule has 1 N–H and O–H groups in total. The highest BCUT2D eigenvalue weighted by Gasteiger charge is 2.37. The lowest BCUT2D eigenvalue weighted by Gasteiger charge is -2.38. The Morgan fingerprint density at radius 1 is 1.12 bits per heavy atom. The van der Waals surface area contributed by atoms with E-state index < -0.39 is 0 Å². The maximum Gasteiger partial charge on any atom is 0.290 e. The third-order valence-electron chi connectivity index (χ3n) is 5.66. The van der Waals surface area contributed by atoms with Gasteiger partial charge < -0.3 is 19.6 Å². The van der Waals surface area contributed by atoms with Crippen LogP contribution in [0.25, 0.3) is 0 Å². The number of carbonyl (C=O) groups excluding carboxylic acids is 1. The Hall–Kier alpha value is -1.14. The molecule has 0 aromatic heterocycles. The number of rotatable bonds is 2. The van der Waals surface area contributed by atoms with Crippen molar-refractivity contribution in [2.24, 2.45) is 11.3 Å². The number of likely N-dealkylation sites (tertiary alicyclic amines) is 1. The highest BCUT2D eigenvalue weighted by atomic mass is 16.5. The molecule has 0 bridgehead atoms. The molecule has 24 heavy (non-hydrogen) atoms. The van der Waals surface area contributed by atoms with Gasteiger partial charge in [-0.05, 0) is 50.6 Å². The van der Waals surface area contributed by atoms with Crippen LogP contribution >= 0.6 is 0 Å². The molecule has 6 nitrogen and oxygen atoms in total. The van der Waals surface area contributed by atoms with E-state index in [1.165, 1.54) is 19.3 Å². The SMILES string of the molecule is CC1(C)CCC(N2CCC(C(=O)N3CCOCC3)CC2)C1.O=CO. The monoisotopic (exact) mass is 340 g/mol. The molecule has 1 aliphatic carbocycles. The van der Waals surface area contributed by atoms with Crippen LogP contribution in [0, 0.1) is 11.3 Å². The lowest BCUT2D eigenvalue weighted by molar-refractivity contribution is -0.141. The van der Waals surface area contributed by atoms with Gasteiger partial charge in [0.2, 0.25) is 5.91 Å². The van der Waals surface area contributed by atoms with Crippen molar-refractivity contribution >= 4 is 12.4 Å². The normalized spacial score (nSPS) is 28.1. The van der Waals surface area contributed by atoms with Crippen molar-refractivity contribution in [3.8, 4) is 0 Å². The fourth-order valence-corrected chi connectivity index (χ4v) is 4.26. The number of piperidine rings is 1. The van der Waals surface area contributed by atoms with Crippen LogP contribution in [0.2, 0.25) is 0 Å². The molecule has 0 radical (unpaired) electrons. The number of hydrogen-bond donors (Lipinski definition) is 1. The Labute approximate surface area is 145 Å². The zero-order chi connectivity index (χ0) is 17.6. The van der Waals surface area contributed by atoms with Crippen molar-refractivity contribution in [1.82, 2.24) is 9.80 Å². The number of amides is 1. The molecular weight excluding hydrogens is 308 g/mol. The Balaban J connectivity index is 0.000000647. The first-order chi connectivity index (χ1) is 11.5. The van der Waals surface area contributed by atoms with Gasteiger partial charge in [-0.1, -0.05) is 13.8 Å². The predicted octanol–water partition coefficient (Wildman–Crippen LogP) is 1.84. The van der Waals surface area contributed by atoms with Crippen LogP contribution in [-0.2, 0) is 14.3 Å². The van der Waals surface area contributed by atoms with Crippen LogP contribution in [0.3, 0.4) is 0 Å². The number of nitrogens with zero attached hydrogens (tertiary/aromatic N) is 2. The molecule has 6 heteroatoms. The maximum absolute atomic E-state index is 12.5. The van der Waals surface area contributed by atoms with Crippen molar-refractivity contribution in [3.05, 3.63) is 0 Å². The molecule has 3 rings (SSSR count). The second kappa shape index (κ2) is 8.81. The summed E-state index contributed by atoms with van der Waals surface area (Å²) in [6.45, 7) is 9.75. The van der Waals surface area contributed by atoms with E-state index in [9.17, 15) is 4.79 Å². The molecule has 2 heterocycles. The summed E-state index contributed by atoms with van der Waals surface area (Å²) in [6, 6.07) is 0.763. The molecule has 3 aliphatic rings. The van der Waals surface area contributed by atoms with Crippen molar-refractivity contribution in [2.75, 3.05) is 39.4 Å². The average Bonchev–Trinajstić information content (AvgIpc) is 2.96. The molecule has 138 valence electrons. The van der Waals surface area contributed by atoms with Crippen LogP contribution in [0.4, 0.5) is 0 Å². The quantitative estimate of drug-likeness (QED) is 0.777. The third-order valence-corrected chi connectivity index (χ3v) is 5.66. The van der Waals surface area contributed by atoms with Crippen molar-refractivity contribution in [1.29, 1.82) is 0 Å². The van der Waals surface area contributed by atoms with Gasteiger partial charge in [-0.25, -0.2) is 0 Å². The number of ether oxygens (including phenoxy) is 1. The van der Waals surface area contributed by atoms with Crippen LogP contribution in [0.5, 0.6) is 0 Å². The first-order valence-electron chi connectivity index (χ1n) is 9.15. The second-order valence-corrected chi connectivity index (χ2v) is 7.91. The van der Waals surface area contributed by atoms with Gasteiger partial charge in [-0.15, -0.1) is 0 Å². The third kappa shape index (κ3) is 5.18. The zero-order valence-electron chi connectivity index (χ0n) is 15.1. The first-order valence-corrected chi connectivity index (χ1v) is 9.15. The topological polar surface area (TPSA) is 70.1 Å². The lowest BCUT2D eigenvalue weighted by atomic mass is 9.90. The Bertz CT molecular complexity index is 413. The van der Waals surface area contributed by atoms with E-state index in [0.717, 1.165) is 45.1 Å². The summed E-state index contributed by atoms with van der Waals surface area (Å²) < 4.78 is 5.34. The number of carboxylic acid groups (broad SMARTS) is 1. The molecule has 0 aromatic rings. The minimum absolute atomic E-state index is 0.250. The Kier molecular flexibility index (Phi) is 7.04. The predicted molar refractivity (Wildman–Crippen MR) is 91.8 cm³/mol. The van der Waals surface area contributed by atoms with Crippen LogP contribution in [0.1, 0.15) is 46.0 Å². The van der Waals surface area contributed by atoms with Gasteiger partial charge in [-0.2, -0.15) is 0 Å². The fourth-order valence-electron chi connectivity index (χ4n) is 4.26. The molecule has 1 unspecified atom stereocenters. The minimum atomic E-state index is -0.250. The van der Waals surface area contributed by atoms with Crippen LogP contribution in [-0.4, -0.2) is 72.7 Å². The van der Waals surface area contributed by atoms with E-state index in [-0.39, 0.29) is 12.4 Å². The van der Waals surface area contributed by atoms with Crippen molar-refractivity contribution < 1.29 is 19.4 Å². The van der Waals surface area contributed by atoms with E-state index in [4.69, 9.17) is 14.6 Å². The van der Waals surface area contributed by atoms with Gasteiger partial charge in [0.05, 0.1) is 13.2 Å². The van der Waals surface area contributed by atoms with E-state index in [1.54, 1.807) is 0 Å². The molecule has 1 saturated carbocycles. The fraction of sp³-hybridized carbons (Fsp3) is 0.889. The zero-order valence-corrected chi connectivity index (χ0v) is 15.1. The summed E-state index contributed by atoms with van der Waals surface area (Å²) in [7, 11) is 0. The minimum Gasteiger partial charge on any atom is -0.483 e. The van der Waals surface area contributed by atoms with E-state index >= 15 is 0 Å². The largest absolute Gasteiger partial charge is 0.483 e. The van der Waals surface area contributed by atoms with Crippen LogP contribution < -0.4 is 0 Å². The second-order valence-electron chi connectivity index (χ2n) is 7.91. The molecule has 2 aliphatic heterocycles. The molecule has 3 fully saturated rings.